The van der Waals surface area contributed by atoms with E-state index in [9.17, 15) is 4.39 Å². The molecule has 4 heteroatoms. The third-order valence-corrected chi connectivity index (χ3v) is 4.23. The average Bonchev–Trinajstić information content (AvgIpc) is 2.71. The number of nitrogens with zero attached hydrogens (tertiary/aromatic N) is 2. The summed E-state index contributed by atoms with van der Waals surface area (Å²) in [4.78, 5) is 2.26. The fourth-order valence-electron chi connectivity index (χ4n) is 3.07. The third-order valence-electron chi connectivity index (χ3n) is 4.23. The van der Waals surface area contributed by atoms with E-state index in [0.29, 0.717) is 17.8 Å². The molecule has 0 amide bonds. The Morgan fingerprint density at radius 3 is 2.63 bits per heavy atom. The van der Waals surface area contributed by atoms with Crippen molar-refractivity contribution in [1.82, 2.24) is 9.47 Å². The summed E-state index contributed by atoms with van der Waals surface area (Å²) in [7, 11) is 5.74. The Balaban J connectivity index is 2.07. The van der Waals surface area contributed by atoms with Crippen LogP contribution < -0.4 is 4.74 Å². The van der Waals surface area contributed by atoms with Crippen molar-refractivity contribution in [3.05, 3.63) is 30.2 Å². The fourth-order valence-corrected chi connectivity index (χ4v) is 3.07. The predicted octanol–water partition coefficient (Wildman–Crippen LogP) is 3.05. The molecular formula is C15H19FN2O. The van der Waals surface area contributed by atoms with E-state index >= 15 is 0 Å². The number of rotatable bonds is 3. The van der Waals surface area contributed by atoms with E-state index in [4.69, 9.17) is 4.74 Å². The fraction of sp³-hybridized carbons (Fsp3) is 0.467. The highest BCUT2D eigenvalue weighted by Gasteiger charge is 2.34. The van der Waals surface area contributed by atoms with Gasteiger partial charge in [0.25, 0.3) is 0 Å². The third kappa shape index (κ3) is 1.82. The second-order valence-electron chi connectivity index (χ2n) is 5.41. The van der Waals surface area contributed by atoms with Crippen molar-refractivity contribution >= 4 is 10.9 Å². The smallest absolute Gasteiger partial charge is 0.165 e. The molecule has 1 saturated carbocycles. The Hall–Kier alpha value is -1.55. The Labute approximate surface area is 112 Å². The zero-order valence-corrected chi connectivity index (χ0v) is 11.6. The maximum absolute atomic E-state index is 13.7. The number of likely N-dealkylation sites (N-methyl/N-ethyl adjacent to an activating group) is 1. The molecule has 3 rings (SSSR count). The van der Waals surface area contributed by atoms with Crippen molar-refractivity contribution in [3.8, 4) is 5.75 Å². The summed E-state index contributed by atoms with van der Waals surface area (Å²) in [6.07, 6.45) is 4.44. The Bertz CT molecular complexity index is 605. The van der Waals surface area contributed by atoms with Crippen LogP contribution in [0.3, 0.4) is 0 Å². The summed E-state index contributed by atoms with van der Waals surface area (Å²) in [5.74, 6) is 0.0440. The molecule has 102 valence electrons. The lowest BCUT2D eigenvalue weighted by atomic mass is 9.85. The molecule has 0 N–H and O–H groups in total. The van der Waals surface area contributed by atoms with E-state index < -0.39 is 0 Å². The van der Waals surface area contributed by atoms with Gasteiger partial charge >= 0.3 is 0 Å². The van der Waals surface area contributed by atoms with Gasteiger partial charge in [-0.2, -0.15) is 0 Å². The maximum Gasteiger partial charge on any atom is 0.165 e. The predicted molar refractivity (Wildman–Crippen MR) is 74.2 cm³/mol. The molecule has 1 heterocycles. The van der Waals surface area contributed by atoms with Gasteiger partial charge in [-0.05, 0) is 45.1 Å². The first-order valence-electron chi connectivity index (χ1n) is 6.63. The number of benzene rings is 1. The minimum absolute atomic E-state index is 0.300. The van der Waals surface area contributed by atoms with Crippen LogP contribution >= 0.6 is 0 Å². The highest BCUT2D eigenvalue weighted by molar-refractivity contribution is 5.87. The van der Waals surface area contributed by atoms with E-state index in [2.05, 4.69) is 23.6 Å². The highest BCUT2D eigenvalue weighted by atomic mass is 19.1. The topological polar surface area (TPSA) is 17.4 Å². The zero-order chi connectivity index (χ0) is 13.6. The van der Waals surface area contributed by atoms with Crippen LogP contribution in [0, 0.1) is 5.82 Å². The van der Waals surface area contributed by atoms with Crippen molar-refractivity contribution in [1.29, 1.82) is 0 Å². The molecule has 1 aromatic carbocycles. The van der Waals surface area contributed by atoms with Crippen LogP contribution in [0.2, 0.25) is 0 Å². The first-order chi connectivity index (χ1) is 9.13. The van der Waals surface area contributed by atoms with Gasteiger partial charge in [0.15, 0.2) is 11.6 Å². The van der Waals surface area contributed by atoms with Gasteiger partial charge in [0.1, 0.15) is 0 Å². The first-order valence-corrected chi connectivity index (χ1v) is 6.63. The standard InChI is InChI=1S/C15H19FN2O/c1-17(2)13-6-7-14(13)18-9-8-10-12(18)5-4-11(16)15(10)19-3/h4-5,8-9,13-14H,6-7H2,1-3H3. The molecule has 2 unspecified atom stereocenters. The average molecular weight is 262 g/mol. The lowest BCUT2D eigenvalue weighted by Gasteiger charge is -2.42. The van der Waals surface area contributed by atoms with Crippen LogP contribution in [-0.2, 0) is 0 Å². The first kappa shape index (κ1) is 12.5. The van der Waals surface area contributed by atoms with Crippen molar-refractivity contribution in [2.75, 3.05) is 21.2 Å². The molecule has 0 spiro atoms. The zero-order valence-electron chi connectivity index (χ0n) is 11.6. The van der Waals surface area contributed by atoms with E-state index in [1.807, 2.05) is 18.3 Å². The van der Waals surface area contributed by atoms with Crippen molar-refractivity contribution in [3.63, 3.8) is 0 Å². The number of ether oxygens (including phenoxy) is 1. The Kier molecular flexibility index (Phi) is 2.97. The van der Waals surface area contributed by atoms with E-state index in [0.717, 1.165) is 10.9 Å². The molecule has 1 aromatic heterocycles. The van der Waals surface area contributed by atoms with Crippen LogP contribution in [0.15, 0.2) is 24.4 Å². The number of fused-ring (bicyclic) bond motifs is 1. The van der Waals surface area contributed by atoms with Crippen molar-refractivity contribution in [2.24, 2.45) is 0 Å². The minimum Gasteiger partial charge on any atom is -0.493 e. The summed E-state index contributed by atoms with van der Waals surface area (Å²) in [6.45, 7) is 0. The molecule has 19 heavy (non-hydrogen) atoms. The Morgan fingerprint density at radius 2 is 2.05 bits per heavy atom. The molecule has 3 nitrogen and oxygen atoms in total. The monoisotopic (exact) mass is 262 g/mol. The number of hydrogen-bond donors (Lipinski definition) is 0. The van der Waals surface area contributed by atoms with Gasteiger partial charge in [0.2, 0.25) is 0 Å². The molecule has 1 fully saturated rings. The normalized spacial score (nSPS) is 22.8. The maximum atomic E-state index is 13.7. The summed E-state index contributed by atoms with van der Waals surface area (Å²) in [5.41, 5.74) is 1.05. The van der Waals surface area contributed by atoms with Gasteiger partial charge in [-0.15, -0.1) is 0 Å². The number of methoxy groups -OCH3 is 1. The lowest BCUT2D eigenvalue weighted by Crippen LogP contribution is -2.43. The molecule has 0 saturated heterocycles. The number of halogens is 1. The van der Waals surface area contributed by atoms with Crippen LogP contribution in [0.1, 0.15) is 18.9 Å². The summed E-state index contributed by atoms with van der Waals surface area (Å²) >= 11 is 0. The van der Waals surface area contributed by atoms with Gasteiger partial charge < -0.3 is 14.2 Å². The largest absolute Gasteiger partial charge is 0.493 e. The second-order valence-corrected chi connectivity index (χ2v) is 5.41. The quantitative estimate of drug-likeness (QED) is 0.846. The molecule has 0 aliphatic heterocycles. The van der Waals surface area contributed by atoms with Crippen molar-refractivity contribution < 1.29 is 9.13 Å². The van der Waals surface area contributed by atoms with E-state index in [1.165, 1.54) is 26.0 Å². The molecule has 1 aliphatic carbocycles. The van der Waals surface area contributed by atoms with Crippen LogP contribution in [0.25, 0.3) is 10.9 Å². The molecule has 0 radical (unpaired) electrons. The highest BCUT2D eigenvalue weighted by Crippen LogP contribution is 2.39. The van der Waals surface area contributed by atoms with E-state index in [-0.39, 0.29) is 5.82 Å². The van der Waals surface area contributed by atoms with Gasteiger partial charge in [-0.1, -0.05) is 0 Å². The van der Waals surface area contributed by atoms with Gasteiger partial charge in [-0.25, -0.2) is 4.39 Å². The number of hydrogen-bond acceptors (Lipinski definition) is 2. The van der Waals surface area contributed by atoms with Crippen molar-refractivity contribution in [2.45, 2.75) is 24.9 Å². The molecule has 2 atom stereocenters. The molecular weight excluding hydrogens is 243 g/mol. The lowest BCUT2D eigenvalue weighted by molar-refractivity contribution is 0.116. The second kappa shape index (κ2) is 4.53. The summed E-state index contributed by atoms with van der Waals surface area (Å²) < 4.78 is 21.1. The van der Waals surface area contributed by atoms with Crippen LogP contribution in [0.5, 0.6) is 5.75 Å². The van der Waals surface area contributed by atoms with Gasteiger partial charge in [0, 0.05) is 23.7 Å². The molecule has 2 aromatic rings. The Morgan fingerprint density at radius 1 is 1.26 bits per heavy atom. The SMILES string of the molecule is COc1c(F)ccc2c1ccn2C1CCC1N(C)C. The van der Waals surface area contributed by atoms with E-state index in [1.54, 1.807) is 0 Å². The summed E-state index contributed by atoms with van der Waals surface area (Å²) in [6, 6.07) is 6.32. The van der Waals surface area contributed by atoms with Gasteiger partial charge in [0.05, 0.1) is 12.6 Å². The minimum atomic E-state index is -0.300. The van der Waals surface area contributed by atoms with Gasteiger partial charge in [-0.3, -0.25) is 0 Å². The summed E-state index contributed by atoms with van der Waals surface area (Å²) in [5, 5.41) is 0.854. The molecule has 1 aliphatic rings. The number of aromatic nitrogens is 1. The van der Waals surface area contributed by atoms with Crippen LogP contribution in [-0.4, -0.2) is 36.7 Å². The van der Waals surface area contributed by atoms with Crippen LogP contribution in [0.4, 0.5) is 4.39 Å². The molecule has 0 bridgehead atoms.